The molecule has 3 heterocycles. The van der Waals surface area contributed by atoms with Gasteiger partial charge in [0.2, 0.25) is 0 Å². The van der Waals surface area contributed by atoms with Gasteiger partial charge in [0.1, 0.15) is 16.5 Å². The van der Waals surface area contributed by atoms with Crippen LogP contribution in [0.25, 0.3) is 37.9 Å². The molecule has 0 radical (unpaired) electrons. The molecule has 0 spiro atoms. The molecular weight excluding hydrogens is 569 g/mol. The van der Waals surface area contributed by atoms with Crippen LogP contribution in [0.1, 0.15) is 47.8 Å². The first-order valence-electron chi connectivity index (χ1n) is 15.4. The second-order valence-electron chi connectivity index (χ2n) is 12.3. The summed E-state index contributed by atoms with van der Waals surface area (Å²) in [4.78, 5) is 11.4. The lowest BCUT2D eigenvalue weighted by Gasteiger charge is -2.25. The molecule has 7 aromatic rings. The van der Waals surface area contributed by atoms with Crippen molar-refractivity contribution >= 4 is 44.1 Å². The van der Waals surface area contributed by atoms with Crippen LogP contribution in [0, 0.1) is 0 Å². The maximum absolute atomic E-state index is 5.14. The summed E-state index contributed by atoms with van der Waals surface area (Å²) in [6.45, 7) is 4.69. The number of benzene rings is 5. The number of nitrogens with zero attached hydrogens (tertiary/aromatic N) is 3. The number of aromatic nitrogens is 1. The number of hydrogen-bond acceptors (Lipinski definition) is 4. The van der Waals surface area contributed by atoms with Crippen molar-refractivity contribution in [2.45, 2.75) is 25.4 Å². The summed E-state index contributed by atoms with van der Waals surface area (Å²) in [5.41, 5.74) is 10.7. The minimum Gasteiger partial charge on any atom is -0.324 e. The first-order chi connectivity index (χ1) is 22.1. The Balaban J connectivity index is 1.14. The number of aliphatic imine (C=N–C) groups is 2. The largest absolute Gasteiger partial charge is 0.324 e. The van der Waals surface area contributed by atoms with Gasteiger partial charge in [-0.1, -0.05) is 111 Å². The fourth-order valence-corrected chi connectivity index (χ4v) is 8.01. The lowest BCUT2D eigenvalue weighted by Crippen LogP contribution is -2.36. The van der Waals surface area contributed by atoms with E-state index in [0.29, 0.717) is 0 Å². The molecule has 1 aliphatic heterocycles. The Kier molecular flexibility index (Phi) is 5.74. The predicted octanol–water partition coefficient (Wildman–Crippen LogP) is 9.65. The molecule has 0 fully saturated rings. The zero-order valence-corrected chi connectivity index (χ0v) is 25.8. The maximum atomic E-state index is 5.14. The zero-order valence-electron chi connectivity index (χ0n) is 25.0. The van der Waals surface area contributed by atoms with Gasteiger partial charge in [-0.3, -0.25) is 0 Å². The summed E-state index contributed by atoms with van der Waals surface area (Å²) in [7, 11) is 0. The van der Waals surface area contributed by atoms with Crippen molar-refractivity contribution in [1.29, 1.82) is 0 Å². The molecule has 0 bridgehead atoms. The van der Waals surface area contributed by atoms with Gasteiger partial charge < -0.3 is 9.88 Å². The number of para-hydroxylation sites is 1. The Morgan fingerprint density at radius 1 is 0.644 bits per heavy atom. The second kappa shape index (κ2) is 9.88. The van der Waals surface area contributed by atoms with E-state index in [1.165, 1.54) is 49.1 Å². The molecule has 0 saturated heterocycles. The standard InChI is InChI=1S/C40H30N4S/c1-40(2)33-23-27(38-42-36(25-11-5-3-6-12-25)41-37(43-38)26-13-7-4-8-14-26)17-19-29(33)30-20-18-28(24-34(30)40)44-35-16-10-9-15-31(35)32-21-22-45-39(32)44/h3-24,36H,1-2H3,(H,41,42,43). The SMILES string of the molecule is CC1(C)c2cc(C3=NC(c4ccccc4)N=C(c4ccccc4)N3)ccc2-c2ccc(-n3c4ccccc4c4ccsc43)cc21. The van der Waals surface area contributed by atoms with Crippen molar-refractivity contribution in [2.75, 3.05) is 0 Å². The lowest BCUT2D eigenvalue weighted by atomic mass is 9.81. The minimum atomic E-state index is -0.316. The average molecular weight is 599 g/mol. The Hall–Kier alpha value is -5.26. The molecule has 1 aliphatic carbocycles. The number of thiophene rings is 1. The van der Waals surface area contributed by atoms with Crippen LogP contribution >= 0.6 is 11.3 Å². The Labute approximate surface area is 266 Å². The fourth-order valence-electron chi connectivity index (χ4n) is 7.07. The second-order valence-corrected chi connectivity index (χ2v) is 13.2. The van der Waals surface area contributed by atoms with Gasteiger partial charge in [-0.25, -0.2) is 9.98 Å². The van der Waals surface area contributed by atoms with Gasteiger partial charge in [0, 0.05) is 33.0 Å². The third kappa shape index (κ3) is 4.04. The molecule has 45 heavy (non-hydrogen) atoms. The normalized spacial score (nSPS) is 16.6. The third-order valence-electron chi connectivity index (χ3n) is 9.36. The van der Waals surface area contributed by atoms with Gasteiger partial charge in [-0.2, -0.15) is 0 Å². The first kappa shape index (κ1) is 26.2. The number of fused-ring (bicyclic) bond motifs is 6. The van der Waals surface area contributed by atoms with Crippen molar-refractivity contribution in [2.24, 2.45) is 9.98 Å². The van der Waals surface area contributed by atoms with E-state index in [4.69, 9.17) is 9.98 Å². The monoisotopic (exact) mass is 598 g/mol. The molecule has 216 valence electrons. The molecule has 1 atom stereocenters. The van der Waals surface area contributed by atoms with Gasteiger partial charge in [0.25, 0.3) is 0 Å². The van der Waals surface area contributed by atoms with E-state index in [1.54, 1.807) is 11.3 Å². The zero-order chi connectivity index (χ0) is 30.1. The van der Waals surface area contributed by atoms with Gasteiger partial charge in [-0.15, -0.1) is 11.3 Å². The van der Waals surface area contributed by atoms with Crippen molar-refractivity contribution < 1.29 is 0 Å². The molecule has 1 N–H and O–H groups in total. The van der Waals surface area contributed by atoms with Crippen molar-refractivity contribution in [3.63, 3.8) is 0 Å². The molecule has 4 nitrogen and oxygen atoms in total. The Morgan fingerprint density at radius 2 is 1.31 bits per heavy atom. The molecule has 0 amide bonds. The topological polar surface area (TPSA) is 41.7 Å². The summed E-state index contributed by atoms with van der Waals surface area (Å²) < 4.78 is 2.43. The van der Waals surface area contributed by atoms with Crippen molar-refractivity contribution in [1.82, 2.24) is 9.88 Å². The van der Waals surface area contributed by atoms with E-state index in [2.05, 4.69) is 120 Å². The summed E-state index contributed by atoms with van der Waals surface area (Å²) in [5.74, 6) is 1.67. The van der Waals surface area contributed by atoms with E-state index in [1.807, 2.05) is 36.4 Å². The van der Waals surface area contributed by atoms with Crippen LogP contribution in [0.5, 0.6) is 0 Å². The highest BCUT2D eigenvalue weighted by molar-refractivity contribution is 7.17. The highest BCUT2D eigenvalue weighted by Gasteiger charge is 2.36. The van der Waals surface area contributed by atoms with E-state index in [0.717, 1.165) is 28.4 Å². The summed E-state index contributed by atoms with van der Waals surface area (Å²) in [5, 5.41) is 8.39. The van der Waals surface area contributed by atoms with E-state index in [9.17, 15) is 0 Å². The molecule has 5 aromatic carbocycles. The van der Waals surface area contributed by atoms with Crippen molar-refractivity contribution in [3.8, 4) is 16.8 Å². The highest BCUT2D eigenvalue weighted by atomic mass is 32.1. The van der Waals surface area contributed by atoms with Crippen LogP contribution in [0.2, 0.25) is 0 Å². The maximum Gasteiger partial charge on any atom is 0.169 e. The van der Waals surface area contributed by atoms with Crippen LogP contribution in [0.4, 0.5) is 0 Å². The number of rotatable bonds is 4. The number of nitrogens with one attached hydrogen (secondary N) is 1. The molecule has 2 aromatic heterocycles. The summed E-state index contributed by atoms with van der Waals surface area (Å²) in [6.07, 6.45) is -0.316. The molecule has 5 heteroatoms. The Morgan fingerprint density at radius 3 is 2.11 bits per heavy atom. The lowest BCUT2D eigenvalue weighted by molar-refractivity contribution is 0.659. The molecule has 2 aliphatic rings. The van der Waals surface area contributed by atoms with Crippen LogP contribution in [-0.4, -0.2) is 16.2 Å². The fraction of sp³-hybridized carbons (Fsp3) is 0.100. The highest BCUT2D eigenvalue weighted by Crippen LogP contribution is 2.50. The third-order valence-corrected chi connectivity index (χ3v) is 10.3. The smallest absolute Gasteiger partial charge is 0.169 e. The van der Waals surface area contributed by atoms with E-state index < -0.39 is 0 Å². The van der Waals surface area contributed by atoms with Crippen LogP contribution in [0.15, 0.2) is 143 Å². The van der Waals surface area contributed by atoms with Gasteiger partial charge in [-0.05, 0) is 63.5 Å². The number of amidine groups is 2. The average Bonchev–Trinajstić information content (AvgIpc) is 3.75. The van der Waals surface area contributed by atoms with Crippen LogP contribution in [-0.2, 0) is 5.41 Å². The quantitative estimate of drug-likeness (QED) is 0.215. The molecular formula is C40H30N4S. The van der Waals surface area contributed by atoms with Crippen molar-refractivity contribution in [3.05, 3.63) is 161 Å². The Bertz CT molecular complexity index is 2320. The molecule has 1 unspecified atom stereocenters. The molecule has 9 rings (SSSR count). The predicted molar refractivity (Wildman–Crippen MR) is 188 cm³/mol. The van der Waals surface area contributed by atoms with Crippen LogP contribution in [0.3, 0.4) is 0 Å². The first-order valence-corrected chi connectivity index (χ1v) is 16.2. The summed E-state index contributed by atoms with van der Waals surface area (Å²) >= 11 is 1.80. The van der Waals surface area contributed by atoms with Gasteiger partial charge in [0.05, 0.1) is 5.52 Å². The van der Waals surface area contributed by atoms with Crippen LogP contribution < -0.4 is 5.32 Å². The molecule has 0 saturated carbocycles. The summed E-state index contributed by atoms with van der Waals surface area (Å²) in [6, 6.07) is 45.4. The number of hydrogen-bond donors (Lipinski definition) is 1. The van der Waals surface area contributed by atoms with Gasteiger partial charge >= 0.3 is 0 Å². The van der Waals surface area contributed by atoms with E-state index in [-0.39, 0.29) is 11.6 Å². The van der Waals surface area contributed by atoms with E-state index >= 15 is 0 Å². The van der Waals surface area contributed by atoms with Gasteiger partial charge in [0.15, 0.2) is 6.17 Å². The minimum absolute atomic E-state index is 0.182.